The highest BCUT2D eigenvalue weighted by atomic mass is 32.2. The zero-order valence-corrected chi connectivity index (χ0v) is 22.3. The molecule has 28 heavy (non-hydrogen) atoms. The Bertz CT molecular complexity index is 467. The first-order chi connectivity index (χ1) is 13.5. The van der Waals surface area contributed by atoms with Crippen molar-refractivity contribution in [3.8, 4) is 0 Å². The average molecular weight is 461 g/mol. The summed E-state index contributed by atoms with van der Waals surface area (Å²) in [6.07, 6.45) is 11.6. The first-order valence-corrected chi connectivity index (χ1v) is 16.0. The Morgan fingerprint density at radius 3 is 1.82 bits per heavy atom. The maximum absolute atomic E-state index is 2.51. The third-order valence-electron chi connectivity index (χ3n) is 8.09. The molecule has 4 aliphatic rings. The maximum atomic E-state index is 2.51. The van der Waals surface area contributed by atoms with E-state index >= 15 is 0 Å². The molecule has 5 atom stereocenters. The van der Waals surface area contributed by atoms with Gasteiger partial charge in [-0.1, -0.05) is 53.4 Å². The number of hydrogen-bond donors (Lipinski definition) is 0. The van der Waals surface area contributed by atoms with Crippen LogP contribution in [-0.4, -0.2) is 31.2 Å². The van der Waals surface area contributed by atoms with Crippen LogP contribution in [0.3, 0.4) is 0 Å². The quantitative estimate of drug-likeness (QED) is 0.402. The van der Waals surface area contributed by atoms with E-state index in [9.17, 15) is 0 Å². The molecule has 2 heterocycles. The van der Waals surface area contributed by atoms with E-state index in [4.69, 9.17) is 0 Å². The third kappa shape index (κ3) is 5.23. The molecule has 5 unspecified atom stereocenters. The normalized spacial score (nSPS) is 38.7. The van der Waals surface area contributed by atoms with E-state index in [0.29, 0.717) is 8.16 Å². The van der Waals surface area contributed by atoms with Crippen molar-refractivity contribution < 1.29 is 0 Å². The summed E-state index contributed by atoms with van der Waals surface area (Å²) in [6.45, 7) is 12.0. The van der Waals surface area contributed by atoms with Crippen molar-refractivity contribution in [2.24, 2.45) is 29.6 Å². The summed E-state index contributed by atoms with van der Waals surface area (Å²) in [6, 6.07) is 0. The van der Waals surface area contributed by atoms with Gasteiger partial charge in [0.1, 0.15) is 0 Å². The second kappa shape index (κ2) is 10.8. The molecule has 164 valence electrons. The van der Waals surface area contributed by atoms with E-state index < -0.39 is 0 Å². The fourth-order valence-corrected chi connectivity index (χ4v) is 13.5. The van der Waals surface area contributed by atoms with E-state index in [1.807, 2.05) is 0 Å². The minimum Gasteiger partial charge on any atom is -0.143 e. The largest absolute Gasteiger partial charge is 0.143 e. The molecule has 2 aliphatic heterocycles. The Morgan fingerprint density at radius 1 is 0.679 bits per heavy atom. The first kappa shape index (κ1) is 24.1. The molecule has 4 fully saturated rings. The van der Waals surface area contributed by atoms with Gasteiger partial charge in [-0.2, -0.15) is 0 Å². The molecule has 4 heteroatoms. The Morgan fingerprint density at radius 2 is 1.29 bits per heavy atom. The Kier molecular flexibility index (Phi) is 9.29. The number of rotatable bonds is 5. The van der Waals surface area contributed by atoms with Gasteiger partial charge in [0.2, 0.25) is 0 Å². The van der Waals surface area contributed by atoms with Crippen LogP contribution in [0.4, 0.5) is 0 Å². The second-order valence-corrected chi connectivity index (χ2v) is 16.0. The van der Waals surface area contributed by atoms with Gasteiger partial charge in [-0.25, -0.2) is 0 Å². The van der Waals surface area contributed by atoms with Crippen molar-refractivity contribution in [1.29, 1.82) is 0 Å². The molecule has 2 saturated heterocycles. The summed E-state index contributed by atoms with van der Waals surface area (Å²) in [5, 5.41) is 0. The van der Waals surface area contributed by atoms with Gasteiger partial charge in [-0.15, -0.1) is 47.0 Å². The monoisotopic (exact) mass is 460 g/mol. The molecule has 0 N–H and O–H groups in total. The second-order valence-electron chi connectivity index (χ2n) is 9.56. The van der Waals surface area contributed by atoms with Crippen LogP contribution in [0.2, 0.25) is 0 Å². The molecular formula is C24H44S4. The van der Waals surface area contributed by atoms with Gasteiger partial charge in [0.05, 0.1) is 8.16 Å². The lowest BCUT2D eigenvalue weighted by atomic mass is 9.91. The van der Waals surface area contributed by atoms with E-state index in [0.717, 1.165) is 29.6 Å². The lowest BCUT2D eigenvalue weighted by Crippen LogP contribution is -2.28. The lowest BCUT2D eigenvalue weighted by Gasteiger charge is -2.33. The van der Waals surface area contributed by atoms with Crippen molar-refractivity contribution in [3.63, 3.8) is 0 Å². The molecule has 0 amide bonds. The molecule has 0 aromatic rings. The van der Waals surface area contributed by atoms with Gasteiger partial charge in [0.15, 0.2) is 0 Å². The third-order valence-corrected chi connectivity index (χ3v) is 15.4. The van der Waals surface area contributed by atoms with Gasteiger partial charge in [0, 0.05) is 23.0 Å². The van der Waals surface area contributed by atoms with E-state index in [2.05, 4.69) is 81.7 Å². The molecule has 0 bridgehead atoms. The summed E-state index contributed by atoms with van der Waals surface area (Å²) in [4.78, 5) is 0. The summed E-state index contributed by atoms with van der Waals surface area (Å²) < 4.78 is 1.22. The maximum Gasteiger partial charge on any atom is 0.0642 e. The highest BCUT2D eigenvalue weighted by Crippen LogP contribution is 2.60. The van der Waals surface area contributed by atoms with Gasteiger partial charge < -0.3 is 0 Å². The van der Waals surface area contributed by atoms with Gasteiger partial charge >= 0.3 is 0 Å². The van der Waals surface area contributed by atoms with Crippen LogP contribution in [0.5, 0.6) is 0 Å². The van der Waals surface area contributed by atoms with E-state index in [-0.39, 0.29) is 0 Å². The van der Waals surface area contributed by atoms with Crippen LogP contribution in [-0.2, 0) is 0 Å². The Labute approximate surface area is 193 Å². The average Bonchev–Trinajstić information content (AvgIpc) is 3.49. The Balaban J connectivity index is 0.000000162. The molecule has 2 saturated carbocycles. The molecule has 2 aliphatic carbocycles. The summed E-state index contributed by atoms with van der Waals surface area (Å²) >= 11 is 9.01. The predicted molar refractivity (Wildman–Crippen MR) is 138 cm³/mol. The van der Waals surface area contributed by atoms with Gasteiger partial charge in [0.25, 0.3) is 0 Å². The van der Waals surface area contributed by atoms with Crippen molar-refractivity contribution >= 4 is 47.0 Å². The highest BCUT2D eigenvalue weighted by Gasteiger charge is 2.49. The lowest BCUT2D eigenvalue weighted by molar-refractivity contribution is 0.360. The van der Waals surface area contributed by atoms with Crippen LogP contribution in [0.25, 0.3) is 0 Å². The number of thioether (sulfide) groups is 4. The van der Waals surface area contributed by atoms with Crippen molar-refractivity contribution in [3.05, 3.63) is 0 Å². The van der Waals surface area contributed by atoms with Crippen molar-refractivity contribution in [1.82, 2.24) is 0 Å². The molecular weight excluding hydrogens is 417 g/mol. The van der Waals surface area contributed by atoms with Crippen molar-refractivity contribution in [2.75, 3.05) is 23.0 Å². The first-order valence-electron chi connectivity index (χ1n) is 12.1. The molecule has 0 nitrogen and oxygen atoms in total. The topological polar surface area (TPSA) is 0 Å². The standard InChI is InChI=1S/C13H24S2.C11H20S2/c1-4-10-8-11(5-2)12(9-10)13(3)14-6-7-15-13;1-3-9-7-10(4-2)11(8-9)12-5-6-13-11/h10-12H,4-9H2,1-3H3;9-10H,3-8H2,1-2H3. The van der Waals surface area contributed by atoms with Gasteiger partial charge in [-0.05, 0) is 62.2 Å². The fourth-order valence-electron chi connectivity index (χ4n) is 6.26. The predicted octanol–water partition coefficient (Wildman–Crippen LogP) is 8.65. The Hall–Kier alpha value is 1.40. The van der Waals surface area contributed by atoms with Crippen LogP contribution in [0, 0.1) is 29.6 Å². The minimum absolute atomic E-state index is 0.560. The van der Waals surface area contributed by atoms with Crippen LogP contribution < -0.4 is 0 Å². The SMILES string of the molecule is CCC1CC(CC)C(C2(C)SCCS2)C1.CCC1CC(CC)C2(C1)SCCS2. The summed E-state index contributed by atoms with van der Waals surface area (Å²) in [7, 11) is 0. The molecule has 0 aromatic carbocycles. The highest BCUT2D eigenvalue weighted by molar-refractivity contribution is 8.21. The zero-order valence-electron chi connectivity index (χ0n) is 19.0. The smallest absolute Gasteiger partial charge is 0.0642 e. The molecule has 4 rings (SSSR count). The minimum atomic E-state index is 0.560. The zero-order chi connectivity index (χ0) is 20.2. The molecule has 1 spiro atoms. The van der Waals surface area contributed by atoms with E-state index in [1.165, 1.54) is 74.4 Å². The van der Waals surface area contributed by atoms with Crippen LogP contribution in [0.1, 0.15) is 86.0 Å². The summed E-state index contributed by atoms with van der Waals surface area (Å²) in [5.74, 6) is 10.6. The van der Waals surface area contributed by atoms with Gasteiger partial charge in [-0.3, -0.25) is 0 Å². The number of hydrogen-bond acceptors (Lipinski definition) is 4. The molecule has 0 radical (unpaired) electrons. The molecule has 0 aromatic heterocycles. The van der Waals surface area contributed by atoms with Crippen LogP contribution >= 0.6 is 47.0 Å². The van der Waals surface area contributed by atoms with Crippen molar-refractivity contribution in [2.45, 2.75) is 94.1 Å². The van der Waals surface area contributed by atoms with E-state index in [1.54, 1.807) is 0 Å². The summed E-state index contributed by atoms with van der Waals surface area (Å²) in [5.41, 5.74) is 0. The fraction of sp³-hybridized carbons (Fsp3) is 1.00. The van der Waals surface area contributed by atoms with Crippen LogP contribution in [0.15, 0.2) is 0 Å².